The van der Waals surface area contributed by atoms with Crippen LogP contribution in [0.3, 0.4) is 0 Å². The summed E-state index contributed by atoms with van der Waals surface area (Å²) in [6.07, 6.45) is 0. The number of rotatable bonds is 8. The number of anilines is 1. The fraction of sp³-hybridized carbons (Fsp3) is 0.211. The average molecular weight is 440 g/mol. The zero-order valence-electron chi connectivity index (χ0n) is 16.0. The van der Waals surface area contributed by atoms with Gasteiger partial charge < -0.3 is 26.4 Å². The molecule has 0 fully saturated rings. The van der Waals surface area contributed by atoms with Crippen LogP contribution in [0, 0.1) is 5.41 Å². The van der Waals surface area contributed by atoms with Crippen LogP contribution in [0.15, 0.2) is 36.4 Å². The highest BCUT2D eigenvalue weighted by Crippen LogP contribution is 2.23. The van der Waals surface area contributed by atoms with Crippen LogP contribution in [-0.2, 0) is 11.3 Å². The normalized spacial score (nSPS) is 9.76. The van der Waals surface area contributed by atoms with Crippen LogP contribution >= 0.6 is 24.0 Å². The highest BCUT2D eigenvalue weighted by atomic mass is 35.5. The number of hydrogen-bond donors (Lipinski definition) is 5. The van der Waals surface area contributed by atoms with E-state index in [9.17, 15) is 9.59 Å². The summed E-state index contributed by atoms with van der Waals surface area (Å²) in [7, 11) is 3.22. The number of ether oxygens (including phenoxy) is 1. The summed E-state index contributed by atoms with van der Waals surface area (Å²) < 4.78 is 5.53. The molecule has 0 atom stereocenters. The summed E-state index contributed by atoms with van der Waals surface area (Å²) in [4.78, 5) is 24.1. The molecule has 0 unspecified atom stereocenters. The molecule has 2 rings (SSSR count). The zero-order chi connectivity index (χ0) is 20.7. The second-order valence-corrected chi connectivity index (χ2v) is 6.26. The number of carbonyl (C=O) groups excluding carboxylic acids is 2. The Bertz CT molecular complexity index is 905. The molecule has 0 saturated carbocycles. The molecule has 2 amide bonds. The van der Waals surface area contributed by atoms with Gasteiger partial charge in [-0.05, 0) is 24.3 Å². The van der Waals surface area contributed by atoms with Gasteiger partial charge in [0.05, 0.1) is 5.56 Å². The zero-order valence-corrected chi connectivity index (χ0v) is 17.5. The van der Waals surface area contributed by atoms with Gasteiger partial charge in [-0.15, -0.1) is 12.4 Å². The minimum atomic E-state index is -0.320. The van der Waals surface area contributed by atoms with Crippen LogP contribution in [0.5, 0.6) is 5.75 Å². The minimum Gasteiger partial charge on any atom is -0.483 e. The first kappa shape index (κ1) is 24.1. The molecule has 2 aromatic rings. The Hall–Kier alpha value is -2.97. The van der Waals surface area contributed by atoms with Crippen molar-refractivity contribution in [3.05, 3.63) is 58.1 Å². The first-order valence-electron chi connectivity index (χ1n) is 8.42. The lowest BCUT2D eigenvalue weighted by atomic mass is 10.1. The molecule has 10 heteroatoms. The van der Waals surface area contributed by atoms with Gasteiger partial charge in [-0.25, -0.2) is 0 Å². The lowest BCUT2D eigenvalue weighted by Crippen LogP contribution is -2.26. The Kier molecular flexibility index (Phi) is 9.24. The molecule has 0 saturated heterocycles. The van der Waals surface area contributed by atoms with Crippen molar-refractivity contribution in [2.45, 2.75) is 6.54 Å². The quantitative estimate of drug-likeness (QED) is 0.317. The summed E-state index contributed by atoms with van der Waals surface area (Å²) >= 11 is 5.99. The highest BCUT2D eigenvalue weighted by Gasteiger charge is 2.14. The Morgan fingerprint density at radius 3 is 2.52 bits per heavy atom. The maximum Gasteiger partial charge on any atom is 0.257 e. The molecule has 0 spiro atoms. The monoisotopic (exact) mass is 439 g/mol. The molecule has 29 heavy (non-hydrogen) atoms. The summed E-state index contributed by atoms with van der Waals surface area (Å²) in [6.45, 7) is -0.0488. The van der Waals surface area contributed by atoms with Gasteiger partial charge in [0, 0.05) is 42.5 Å². The molecule has 0 aliphatic rings. The fourth-order valence-corrected chi connectivity index (χ4v) is 2.58. The van der Waals surface area contributed by atoms with E-state index in [4.69, 9.17) is 27.5 Å². The average Bonchev–Trinajstić information content (AvgIpc) is 2.70. The summed E-state index contributed by atoms with van der Waals surface area (Å²) in [6, 6.07) is 9.88. The first-order chi connectivity index (χ1) is 13.3. The molecule has 0 radical (unpaired) electrons. The smallest absolute Gasteiger partial charge is 0.257 e. The number of nitrogen functional groups attached to an aromatic ring is 1. The molecule has 0 aromatic heterocycles. The molecule has 2 aromatic carbocycles. The predicted molar refractivity (Wildman–Crippen MR) is 116 cm³/mol. The first-order valence-corrected chi connectivity index (χ1v) is 8.79. The maximum absolute atomic E-state index is 12.6. The largest absolute Gasteiger partial charge is 0.483 e. The molecule has 156 valence electrons. The third-order valence-electron chi connectivity index (χ3n) is 3.95. The molecule has 0 bridgehead atoms. The van der Waals surface area contributed by atoms with Crippen molar-refractivity contribution >= 4 is 47.3 Å². The van der Waals surface area contributed by atoms with E-state index in [1.54, 1.807) is 43.4 Å². The van der Waals surface area contributed by atoms with Crippen LogP contribution in [0.2, 0.25) is 5.02 Å². The number of amides is 2. The molecule has 0 heterocycles. The molecule has 6 N–H and O–H groups in total. The van der Waals surface area contributed by atoms with Gasteiger partial charge in [-0.3, -0.25) is 15.0 Å². The van der Waals surface area contributed by atoms with E-state index in [-0.39, 0.29) is 43.2 Å². The number of halogens is 2. The van der Waals surface area contributed by atoms with E-state index in [0.717, 1.165) is 0 Å². The van der Waals surface area contributed by atoms with Crippen molar-refractivity contribution in [2.24, 2.45) is 5.73 Å². The fourth-order valence-electron chi connectivity index (χ4n) is 2.41. The second kappa shape index (κ2) is 11.1. The van der Waals surface area contributed by atoms with Gasteiger partial charge in [-0.1, -0.05) is 23.7 Å². The van der Waals surface area contributed by atoms with E-state index in [0.29, 0.717) is 33.1 Å². The van der Waals surface area contributed by atoms with E-state index in [1.165, 1.54) is 7.05 Å². The van der Waals surface area contributed by atoms with Crippen molar-refractivity contribution in [3.8, 4) is 5.75 Å². The molecular weight excluding hydrogens is 417 g/mol. The van der Waals surface area contributed by atoms with Crippen LogP contribution in [0.25, 0.3) is 0 Å². The third-order valence-corrected chi connectivity index (χ3v) is 4.19. The topological polar surface area (TPSA) is 129 Å². The van der Waals surface area contributed by atoms with Crippen molar-refractivity contribution in [1.82, 2.24) is 10.6 Å². The van der Waals surface area contributed by atoms with Crippen molar-refractivity contribution in [1.29, 1.82) is 5.41 Å². The summed E-state index contributed by atoms with van der Waals surface area (Å²) in [5.74, 6) is -0.393. The molecule has 8 nitrogen and oxygen atoms in total. The lowest BCUT2D eigenvalue weighted by Gasteiger charge is -2.14. The third kappa shape index (κ3) is 6.55. The Balaban J connectivity index is 0.00000420. The molecule has 0 aliphatic carbocycles. The van der Waals surface area contributed by atoms with Crippen molar-refractivity contribution in [2.75, 3.05) is 26.0 Å². The lowest BCUT2D eigenvalue weighted by molar-refractivity contribution is -0.122. The van der Waals surface area contributed by atoms with Gasteiger partial charge in [-0.2, -0.15) is 0 Å². The Labute approximate surface area is 180 Å². The van der Waals surface area contributed by atoms with E-state index >= 15 is 0 Å². The Morgan fingerprint density at radius 1 is 1.17 bits per heavy atom. The summed E-state index contributed by atoms with van der Waals surface area (Å²) in [5.41, 5.74) is 7.66. The standard InChI is InChI=1S/C19H22ClN5O3.ClH/c1-23-15-6-5-13(20)8-14(15)19(27)25-9-12-4-3-11(18(21)22)7-16(12)28-10-17(26)24-2;/h3-8,23H,9-10H2,1-2H3,(H3,21,22)(H,24,26)(H,25,27);1H. The number of amidine groups is 1. The number of likely N-dealkylation sites (N-methyl/N-ethyl adjacent to an activating group) is 1. The van der Waals surface area contributed by atoms with Crippen molar-refractivity contribution < 1.29 is 14.3 Å². The number of benzene rings is 2. The SMILES string of the molecule is CNC(=O)COc1cc(C(=N)N)ccc1CNC(=O)c1cc(Cl)ccc1NC.Cl. The van der Waals surface area contributed by atoms with Gasteiger partial charge >= 0.3 is 0 Å². The van der Waals surface area contributed by atoms with Crippen LogP contribution in [0.1, 0.15) is 21.5 Å². The van der Waals surface area contributed by atoms with E-state index in [1.807, 2.05) is 0 Å². The summed E-state index contributed by atoms with van der Waals surface area (Å²) in [5, 5.41) is 16.2. The number of nitrogens with one attached hydrogen (secondary N) is 4. The molecular formula is C19H23Cl2N5O3. The second-order valence-electron chi connectivity index (χ2n) is 5.82. The van der Waals surface area contributed by atoms with E-state index in [2.05, 4.69) is 16.0 Å². The maximum atomic E-state index is 12.6. The van der Waals surface area contributed by atoms with Crippen molar-refractivity contribution in [3.63, 3.8) is 0 Å². The van der Waals surface area contributed by atoms with Crippen LogP contribution in [-0.4, -0.2) is 38.4 Å². The predicted octanol–water partition coefficient (Wildman–Crippen LogP) is 2.14. The van der Waals surface area contributed by atoms with Gasteiger partial charge in [0.1, 0.15) is 11.6 Å². The molecule has 0 aliphatic heterocycles. The van der Waals surface area contributed by atoms with Gasteiger partial charge in [0.2, 0.25) is 0 Å². The Morgan fingerprint density at radius 2 is 1.90 bits per heavy atom. The van der Waals surface area contributed by atoms with Gasteiger partial charge in [0.15, 0.2) is 6.61 Å². The minimum absolute atomic E-state index is 0. The van der Waals surface area contributed by atoms with Crippen LogP contribution in [0.4, 0.5) is 5.69 Å². The number of carbonyl (C=O) groups is 2. The number of nitrogens with two attached hydrogens (primary N) is 1. The van der Waals surface area contributed by atoms with Gasteiger partial charge in [0.25, 0.3) is 11.8 Å². The number of hydrogen-bond acceptors (Lipinski definition) is 5. The van der Waals surface area contributed by atoms with E-state index < -0.39 is 0 Å². The van der Waals surface area contributed by atoms with Crippen LogP contribution < -0.4 is 26.4 Å². The highest BCUT2D eigenvalue weighted by molar-refractivity contribution is 6.31.